The standard InChI is InChI=1S/C20H31NO4/c1-13(2)17-8-7-14(3)12-20(17,25)19(24)21-18(9-10-22)15-5-4-6-16(23)11-15/h4-6,11,13-14,17-18,22-23,25H,7-10,12H2,1-3H3,(H,21,24). The first-order valence-corrected chi connectivity index (χ1v) is 9.21. The zero-order valence-electron chi connectivity index (χ0n) is 15.4. The summed E-state index contributed by atoms with van der Waals surface area (Å²) in [4.78, 5) is 13.0. The lowest BCUT2D eigenvalue weighted by Gasteiger charge is -2.44. The maximum Gasteiger partial charge on any atom is 0.252 e. The molecule has 2 rings (SSSR count). The van der Waals surface area contributed by atoms with Crippen LogP contribution >= 0.6 is 0 Å². The van der Waals surface area contributed by atoms with Gasteiger partial charge in [-0.2, -0.15) is 0 Å². The van der Waals surface area contributed by atoms with Crippen LogP contribution in [0.25, 0.3) is 0 Å². The number of hydrogen-bond donors (Lipinski definition) is 4. The summed E-state index contributed by atoms with van der Waals surface area (Å²) >= 11 is 0. The minimum absolute atomic E-state index is 0.0809. The summed E-state index contributed by atoms with van der Waals surface area (Å²) in [5.41, 5.74) is -0.674. The van der Waals surface area contributed by atoms with Crippen LogP contribution in [-0.4, -0.2) is 33.4 Å². The van der Waals surface area contributed by atoms with Gasteiger partial charge in [0.1, 0.15) is 11.4 Å². The maximum atomic E-state index is 13.0. The lowest BCUT2D eigenvalue weighted by atomic mass is 9.66. The molecule has 1 aliphatic rings. The highest BCUT2D eigenvalue weighted by Gasteiger charge is 2.48. The van der Waals surface area contributed by atoms with Crippen LogP contribution in [0.4, 0.5) is 0 Å². The quantitative estimate of drug-likeness (QED) is 0.636. The average molecular weight is 349 g/mol. The van der Waals surface area contributed by atoms with Gasteiger partial charge in [0.25, 0.3) is 5.91 Å². The first-order valence-electron chi connectivity index (χ1n) is 9.21. The zero-order valence-corrected chi connectivity index (χ0v) is 15.4. The SMILES string of the molecule is CC1CCC(C(C)C)C(O)(C(=O)NC(CCO)c2cccc(O)c2)C1. The molecule has 4 atom stereocenters. The molecule has 5 nitrogen and oxygen atoms in total. The highest BCUT2D eigenvalue weighted by Crippen LogP contribution is 2.41. The number of hydrogen-bond acceptors (Lipinski definition) is 4. The molecule has 140 valence electrons. The van der Waals surface area contributed by atoms with E-state index in [9.17, 15) is 20.1 Å². The molecular weight excluding hydrogens is 318 g/mol. The predicted octanol–water partition coefficient (Wildman–Crippen LogP) is 2.76. The Balaban J connectivity index is 2.23. The Hall–Kier alpha value is -1.59. The number of carbonyl (C=O) groups is 1. The molecule has 0 heterocycles. The summed E-state index contributed by atoms with van der Waals surface area (Å²) in [7, 11) is 0. The number of phenolic OH excluding ortho intramolecular Hbond substituents is 1. The Morgan fingerprint density at radius 2 is 2.08 bits per heavy atom. The molecule has 0 saturated heterocycles. The normalized spacial score (nSPS) is 27.9. The summed E-state index contributed by atoms with van der Waals surface area (Å²) in [6.07, 6.45) is 2.63. The van der Waals surface area contributed by atoms with Crippen molar-refractivity contribution in [2.45, 2.75) is 58.1 Å². The molecule has 0 spiro atoms. The fourth-order valence-corrected chi connectivity index (χ4v) is 4.11. The highest BCUT2D eigenvalue weighted by molar-refractivity contribution is 5.86. The Labute approximate surface area is 150 Å². The van der Waals surface area contributed by atoms with Crippen LogP contribution in [-0.2, 0) is 4.79 Å². The summed E-state index contributed by atoms with van der Waals surface area (Å²) in [5, 5.41) is 33.2. The van der Waals surface area contributed by atoms with E-state index in [1.807, 2.05) is 13.8 Å². The van der Waals surface area contributed by atoms with Gasteiger partial charge < -0.3 is 20.6 Å². The fourth-order valence-electron chi connectivity index (χ4n) is 4.11. The van der Waals surface area contributed by atoms with Crippen LogP contribution in [0.2, 0.25) is 0 Å². The van der Waals surface area contributed by atoms with Crippen LogP contribution < -0.4 is 5.32 Å². The van der Waals surface area contributed by atoms with Crippen LogP contribution in [0.15, 0.2) is 24.3 Å². The number of benzene rings is 1. The fraction of sp³-hybridized carbons (Fsp3) is 0.650. The Morgan fingerprint density at radius 1 is 1.36 bits per heavy atom. The summed E-state index contributed by atoms with van der Waals surface area (Å²) in [6.45, 7) is 6.05. The van der Waals surface area contributed by atoms with Crippen molar-refractivity contribution in [3.63, 3.8) is 0 Å². The predicted molar refractivity (Wildman–Crippen MR) is 97.0 cm³/mol. The van der Waals surface area contributed by atoms with E-state index in [0.29, 0.717) is 18.8 Å². The molecule has 5 heteroatoms. The van der Waals surface area contributed by atoms with E-state index in [1.165, 1.54) is 0 Å². The second-order valence-electron chi connectivity index (χ2n) is 7.79. The second kappa shape index (κ2) is 8.19. The third-order valence-corrected chi connectivity index (χ3v) is 5.44. The zero-order chi connectivity index (χ0) is 18.6. The topological polar surface area (TPSA) is 89.8 Å². The van der Waals surface area contributed by atoms with Crippen molar-refractivity contribution in [3.8, 4) is 5.75 Å². The van der Waals surface area contributed by atoms with Crippen molar-refractivity contribution in [3.05, 3.63) is 29.8 Å². The lowest BCUT2D eigenvalue weighted by molar-refractivity contribution is -0.156. The largest absolute Gasteiger partial charge is 0.508 e. The molecule has 1 aromatic rings. The van der Waals surface area contributed by atoms with E-state index in [-0.39, 0.29) is 30.1 Å². The number of aliphatic hydroxyl groups excluding tert-OH is 1. The van der Waals surface area contributed by atoms with Crippen molar-refractivity contribution < 1.29 is 20.1 Å². The van der Waals surface area contributed by atoms with Crippen molar-refractivity contribution in [1.29, 1.82) is 0 Å². The van der Waals surface area contributed by atoms with Crippen LogP contribution in [0.5, 0.6) is 5.75 Å². The van der Waals surface area contributed by atoms with Crippen molar-refractivity contribution in [2.75, 3.05) is 6.61 Å². The van der Waals surface area contributed by atoms with Gasteiger partial charge in [-0.25, -0.2) is 0 Å². The third-order valence-electron chi connectivity index (χ3n) is 5.44. The third kappa shape index (κ3) is 4.53. The summed E-state index contributed by atoms with van der Waals surface area (Å²) < 4.78 is 0. The molecule has 1 saturated carbocycles. The van der Waals surface area contributed by atoms with Gasteiger partial charge in [0.15, 0.2) is 0 Å². The molecule has 0 bridgehead atoms. The molecule has 1 aromatic carbocycles. The molecule has 0 aliphatic heterocycles. The molecule has 1 aliphatic carbocycles. The number of carbonyl (C=O) groups excluding carboxylic acids is 1. The van der Waals surface area contributed by atoms with Crippen molar-refractivity contribution in [2.24, 2.45) is 17.8 Å². The van der Waals surface area contributed by atoms with Gasteiger partial charge >= 0.3 is 0 Å². The van der Waals surface area contributed by atoms with E-state index >= 15 is 0 Å². The number of phenols is 1. The Kier molecular flexibility index (Phi) is 6.47. The average Bonchev–Trinajstić information content (AvgIpc) is 2.53. The Bertz CT molecular complexity index is 589. The van der Waals surface area contributed by atoms with Gasteiger partial charge in [0.05, 0.1) is 6.04 Å². The van der Waals surface area contributed by atoms with Gasteiger partial charge in [-0.3, -0.25) is 4.79 Å². The number of aromatic hydroxyl groups is 1. The number of rotatable bonds is 6. The van der Waals surface area contributed by atoms with Gasteiger partial charge in [-0.15, -0.1) is 0 Å². The number of aliphatic hydroxyl groups is 2. The monoisotopic (exact) mass is 349 g/mol. The molecule has 0 radical (unpaired) electrons. The smallest absolute Gasteiger partial charge is 0.252 e. The van der Waals surface area contributed by atoms with Gasteiger partial charge in [0.2, 0.25) is 0 Å². The minimum atomic E-state index is -1.39. The van der Waals surface area contributed by atoms with Crippen molar-refractivity contribution in [1.82, 2.24) is 5.32 Å². The van der Waals surface area contributed by atoms with E-state index < -0.39 is 11.6 Å². The van der Waals surface area contributed by atoms with Gasteiger partial charge in [-0.05, 0) is 54.7 Å². The lowest BCUT2D eigenvalue weighted by Crippen LogP contribution is -2.56. The van der Waals surface area contributed by atoms with E-state index in [0.717, 1.165) is 18.4 Å². The maximum absolute atomic E-state index is 13.0. The number of amides is 1. The summed E-state index contributed by atoms with van der Waals surface area (Å²) in [6, 6.07) is 6.20. The van der Waals surface area contributed by atoms with E-state index in [1.54, 1.807) is 24.3 Å². The first-order chi connectivity index (χ1) is 11.8. The van der Waals surface area contributed by atoms with Crippen LogP contribution in [0, 0.1) is 17.8 Å². The molecule has 4 N–H and O–H groups in total. The molecule has 1 amide bonds. The molecule has 25 heavy (non-hydrogen) atoms. The summed E-state index contributed by atoms with van der Waals surface area (Å²) in [5.74, 6) is 0.157. The molecule has 4 unspecified atom stereocenters. The van der Waals surface area contributed by atoms with E-state index in [4.69, 9.17) is 0 Å². The Morgan fingerprint density at radius 3 is 2.68 bits per heavy atom. The highest BCUT2D eigenvalue weighted by atomic mass is 16.3. The van der Waals surface area contributed by atoms with Gasteiger partial charge in [-0.1, -0.05) is 39.3 Å². The van der Waals surface area contributed by atoms with Crippen LogP contribution in [0.1, 0.15) is 58.1 Å². The minimum Gasteiger partial charge on any atom is -0.508 e. The van der Waals surface area contributed by atoms with Gasteiger partial charge in [0, 0.05) is 6.61 Å². The number of nitrogens with one attached hydrogen (secondary N) is 1. The molecule has 1 fully saturated rings. The molecule has 0 aromatic heterocycles. The molecular formula is C20H31NO4. The van der Waals surface area contributed by atoms with E-state index in [2.05, 4.69) is 12.2 Å². The van der Waals surface area contributed by atoms with Crippen molar-refractivity contribution >= 4 is 5.91 Å². The first kappa shape index (κ1) is 19.7. The van der Waals surface area contributed by atoms with Crippen LogP contribution in [0.3, 0.4) is 0 Å². The second-order valence-corrected chi connectivity index (χ2v) is 7.79.